The second-order valence-corrected chi connectivity index (χ2v) is 5.19. The van der Waals surface area contributed by atoms with Gasteiger partial charge in [0.1, 0.15) is 6.54 Å². The first-order chi connectivity index (χ1) is 9.95. The molecule has 1 aromatic rings. The molecule has 0 saturated heterocycles. The summed E-state index contributed by atoms with van der Waals surface area (Å²) >= 11 is 0. The van der Waals surface area contributed by atoms with Crippen molar-refractivity contribution in [3.8, 4) is 0 Å². The maximum Gasteiger partial charge on any atom is 0.240 e. The van der Waals surface area contributed by atoms with Crippen molar-refractivity contribution in [2.75, 3.05) is 31.7 Å². The molecule has 0 fully saturated rings. The van der Waals surface area contributed by atoms with E-state index in [1.807, 2.05) is 24.3 Å². The Morgan fingerprint density at radius 1 is 1.24 bits per heavy atom. The van der Waals surface area contributed by atoms with Gasteiger partial charge in [0.25, 0.3) is 0 Å². The molecule has 2 amide bonds. The van der Waals surface area contributed by atoms with Crippen molar-refractivity contribution in [2.24, 2.45) is 0 Å². The van der Waals surface area contributed by atoms with Crippen LogP contribution in [0.1, 0.15) is 32.3 Å². The molecule has 0 aliphatic rings. The van der Waals surface area contributed by atoms with Crippen LogP contribution in [0.2, 0.25) is 0 Å². The Morgan fingerprint density at radius 3 is 2.33 bits per heavy atom. The average Bonchev–Trinajstić information content (AvgIpc) is 2.45. The van der Waals surface area contributed by atoms with Gasteiger partial charge in [0, 0.05) is 26.3 Å². The second kappa shape index (κ2) is 8.42. The van der Waals surface area contributed by atoms with E-state index < -0.39 is 0 Å². The molecule has 0 atom stereocenters. The first kappa shape index (κ1) is 17.2. The van der Waals surface area contributed by atoms with Crippen molar-refractivity contribution in [1.82, 2.24) is 5.32 Å². The van der Waals surface area contributed by atoms with E-state index in [0.717, 1.165) is 5.69 Å². The third-order valence-electron chi connectivity index (χ3n) is 3.18. The van der Waals surface area contributed by atoms with Crippen molar-refractivity contribution < 1.29 is 14.3 Å². The zero-order chi connectivity index (χ0) is 15.8. The molecule has 0 saturated carbocycles. The van der Waals surface area contributed by atoms with E-state index in [0.29, 0.717) is 19.1 Å². The van der Waals surface area contributed by atoms with Crippen LogP contribution in [-0.2, 0) is 14.3 Å². The number of rotatable bonds is 7. The van der Waals surface area contributed by atoms with Crippen molar-refractivity contribution in [3.63, 3.8) is 0 Å². The van der Waals surface area contributed by atoms with E-state index in [-0.39, 0.29) is 18.4 Å². The predicted molar refractivity (Wildman–Crippen MR) is 83.4 cm³/mol. The SMILES string of the molecule is COCCNC(=O)CN(C(C)=O)c1ccc(C(C)C)cc1. The van der Waals surface area contributed by atoms with Crippen LogP contribution in [0.3, 0.4) is 0 Å². The number of hydrogen-bond acceptors (Lipinski definition) is 3. The van der Waals surface area contributed by atoms with Crippen molar-refractivity contribution in [1.29, 1.82) is 0 Å². The molecule has 21 heavy (non-hydrogen) atoms. The highest BCUT2D eigenvalue weighted by Crippen LogP contribution is 2.20. The fourth-order valence-electron chi connectivity index (χ4n) is 1.92. The minimum Gasteiger partial charge on any atom is -0.383 e. The molecule has 1 rings (SSSR count). The Hall–Kier alpha value is -1.88. The smallest absolute Gasteiger partial charge is 0.240 e. The highest BCUT2D eigenvalue weighted by molar-refractivity contribution is 5.97. The van der Waals surface area contributed by atoms with Gasteiger partial charge in [-0.3, -0.25) is 9.59 Å². The Balaban J connectivity index is 2.73. The van der Waals surface area contributed by atoms with Gasteiger partial charge >= 0.3 is 0 Å². The van der Waals surface area contributed by atoms with E-state index in [9.17, 15) is 9.59 Å². The van der Waals surface area contributed by atoms with E-state index >= 15 is 0 Å². The van der Waals surface area contributed by atoms with Gasteiger partial charge < -0.3 is 15.0 Å². The summed E-state index contributed by atoms with van der Waals surface area (Å²) in [5.41, 5.74) is 1.93. The van der Waals surface area contributed by atoms with E-state index in [2.05, 4.69) is 19.2 Å². The Bertz CT molecular complexity index is 469. The third kappa shape index (κ3) is 5.55. The molecule has 0 aliphatic carbocycles. The third-order valence-corrected chi connectivity index (χ3v) is 3.18. The highest BCUT2D eigenvalue weighted by Gasteiger charge is 2.15. The lowest BCUT2D eigenvalue weighted by Gasteiger charge is -2.21. The molecular formula is C16H24N2O3. The molecular weight excluding hydrogens is 268 g/mol. The maximum atomic E-state index is 11.8. The van der Waals surface area contributed by atoms with Crippen LogP contribution in [-0.4, -0.2) is 38.6 Å². The molecule has 1 N–H and O–H groups in total. The monoisotopic (exact) mass is 292 g/mol. The van der Waals surface area contributed by atoms with Crippen LogP contribution in [0.4, 0.5) is 5.69 Å². The lowest BCUT2D eigenvalue weighted by Crippen LogP contribution is -2.40. The predicted octanol–water partition coefficient (Wildman–Crippen LogP) is 1.93. The number of nitrogens with one attached hydrogen (secondary N) is 1. The zero-order valence-electron chi connectivity index (χ0n) is 13.2. The number of methoxy groups -OCH3 is 1. The number of benzene rings is 1. The maximum absolute atomic E-state index is 11.8. The molecule has 0 unspecified atom stereocenters. The molecule has 0 heterocycles. The number of hydrogen-bond donors (Lipinski definition) is 1. The van der Waals surface area contributed by atoms with Crippen LogP contribution >= 0.6 is 0 Å². The normalized spacial score (nSPS) is 10.5. The Morgan fingerprint density at radius 2 is 1.86 bits per heavy atom. The van der Waals surface area contributed by atoms with Gasteiger partial charge in [-0.15, -0.1) is 0 Å². The number of nitrogens with zero attached hydrogens (tertiary/aromatic N) is 1. The van der Waals surface area contributed by atoms with Crippen LogP contribution in [0.15, 0.2) is 24.3 Å². The largest absolute Gasteiger partial charge is 0.383 e. The number of anilines is 1. The molecule has 1 aromatic carbocycles. The van der Waals surface area contributed by atoms with Gasteiger partial charge in [-0.25, -0.2) is 0 Å². The zero-order valence-corrected chi connectivity index (χ0v) is 13.2. The van der Waals surface area contributed by atoms with Crippen LogP contribution in [0, 0.1) is 0 Å². The van der Waals surface area contributed by atoms with Gasteiger partial charge in [0.2, 0.25) is 11.8 Å². The lowest BCUT2D eigenvalue weighted by molar-refractivity contribution is -0.123. The summed E-state index contributed by atoms with van der Waals surface area (Å²) in [7, 11) is 1.57. The molecule has 116 valence electrons. The lowest BCUT2D eigenvalue weighted by atomic mass is 10.0. The molecule has 0 aliphatic heterocycles. The first-order valence-electron chi connectivity index (χ1n) is 7.09. The number of amides is 2. The molecule has 0 bridgehead atoms. The minimum atomic E-state index is -0.199. The number of ether oxygens (including phenoxy) is 1. The summed E-state index contributed by atoms with van der Waals surface area (Å²) in [6, 6.07) is 7.72. The molecule has 5 heteroatoms. The fourth-order valence-corrected chi connectivity index (χ4v) is 1.92. The topological polar surface area (TPSA) is 58.6 Å². The Kier molecular flexibility index (Phi) is 6.88. The first-order valence-corrected chi connectivity index (χ1v) is 7.09. The van der Waals surface area contributed by atoms with Gasteiger partial charge in [-0.1, -0.05) is 26.0 Å². The summed E-state index contributed by atoms with van der Waals surface area (Å²) < 4.78 is 4.87. The molecule has 0 radical (unpaired) electrons. The molecule has 5 nitrogen and oxygen atoms in total. The van der Waals surface area contributed by atoms with Crippen molar-refractivity contribution >= 4 is 17.5 Å². The summed E-state index contributed by atoms with van der Waals surface area (Å²) in [6.07, 6.45) is 0. The van der Waals surface area contributed by atoms with Crippen LogP contribution in [0.25, 0.3) is 0 Å². The molecule has 0 aromatic heterocycles. The number of carbonyl (C=O) groups excluding carboxylic acids is 2. The highest BCUT2D eigenvalue weighted by atomic mass is 16.5. The summed E-state index contributed by atoms with van der Waals surface area (Å²) in [5.74, 6) is 0.0755. The van der Waals surface area contributed by atoms with Crippen LogP contribution in [0.5, 0.6) is 0 Å². The van der Waals surface area contributed by atoms with Gasteiger partial charge in [-0.05, 0) is 23.6 Å². The van der Waals surface area contributed by atoms with E-state index in [1.54, 1.807) is 7.11 Å². The summed E-state index contributed by atoms with van der Waals surface area (Å²) in [4.78, 5) is 25.0. The summed E-state index contributed by atoms with van der Waals surface area (Å²) in [5, 5.41) is 2.71. The van der Waals surface area contributed by atoms with Gasteiger partial charge in [-0.2, -0.15) is 0 Å². The van der Waals surface area contributed by atoms with Gasteiger partial charge in [0.05, 0.1) is 6.61 Å². The number of carbonyl (C=O) groups is 2. The minimum absolute atomic E-state index is 0.0140. The Labute approximate surface area is 126 Å². The second-order valence-electron chi connectivity index (χ2n) is 5.19. The standard InChI is InChI=1S/C16H24N2O3/c1-12(2)14-5-7-15(8-6-14)18(13(3)19)11-16(20)17-9-10-21-4/h5-8,12H,9-11H2,1-4H3,(H,17,20). The fraction of sp³-hybridized carbons (Fsp3) is 0.500. The van der Waals surface area contributed by atoms with E-state index in [4.69, 9.17) is 4.74 Å². The van der Waals surface area contributed by atoms with Crippen molar-refractivity contribution in [2.45, 2.75) is 26.7 Å². The molecule has 0 spiro atoms. The summed E-state index contributed by atoms with van der Waals surface area (Å²) in [6.45, 7) is 6.59. The van der Waals surface area contributed by atoms with Crippen molar-refractivity contribution in [3.05, 3.63) is 29.8 Å². The van der Waals surface area contributed by atoms with E-state index in [1.165, 1.54) is 17.4 Å². The average molecular weight is 292 g/mol. The quantitative estimate of drug-likeness (QED) is 0.781. The van der Waals surface area contributed by atoms with Crippen LogP contribution < -0.4 is 10.2 Å². The van der Waals surface area contributed by atoms with Gasteiger partial charge in [0.15, 0.2) is 0 Å².